The zero-order chi connectivity index (χ0) is 14.4. The fourth-order valence-electron chi connectivity index (χ4n) is 1.88. The summed E-state index contributed by atoms with van der Waals surface area (Å²) >= 11 is 1.45. The lowest BCUT2D eigenvalue weighted by atomic mass is 10.2. The van der Waals surface area contributed by atoms with Gasteiger partial charge < -0.3 is 15.7 Å². The quantitative estimate of drug-likeness (QED) is 0.624. The number of aliphatic hydroxyl groups excluding tert-OH is 1. The Morgan fingerprint density at radius 2 is 2.00 bits per heavy atom. The van der Waals surface area contributed by atoms with Gasteiger partial charge in [-0.15, -0.1) is 0 Å². The summed E-state index contributed by atoms with van der Waals surface area (Å²) in [6, 6.07) is 11.8. The van der Waals surface area contributed by atoms with Crippen LogP contribution in [-0.2, 0) is 6.54 Å². The van der Waals surface area contributed by atoms with Gasteiger partial charge in [0.1, 0.15) is 11.6 Å². The first-order chi connectivity index (χ1) is 9.72. The molecule has 106 valence electrons. The van der Waals surface area contributed by atoms with Crippen LogP contribution >= 0.6 is 11.8 Å². The van der Waals surface area contributed by atoms with Crippen LogP contribution in [0.1, 0.15) is 5.56 Å². The molecule has 0 saturated carbocycles. The highest BCUT2D eigenvalue weighted by Crippen LogP contribution is 2.20. The molecule has 1 aromatic heterocycles. The van der Waals surface area contributed by atoms with Gasteiger partial charge in [0.2, 0.25) is 0 Å². The Morgan fingerprint density at radius 3 is 2.65 bits per heavy atom. The van der Waals surface area contributed by atoms with Crippen molar-refractivity contribution in [3.8, 4) is 0 Å². The molecule has 1 aromatic carbocycles. The monoisotopic (exact) mass is 290 g/mol. The van der Waals surface area contributed by atoms with Crippen molar-refractivity contribution < 1.29 is 5.11 Å². The molecule has 0 spiro atoms. The number of aromatic nitrogens is 2. The topological polar surface area (TPSA) is 75.3 Å². The number of nitrogens with zero attached hydrogens (tertiary/aromatic N) is 3. The minimum atomic E-state index is 0.0609. The molecule has 0 amide bonds. The van der Waals surface area contributed by atoms with Gasteiger partial charge in [0, 0.05) is 19.2 Å². The molecule has 0 radical (unpaired) electrons. The second-order valence-corrected chi connectivity index (χ2v) is 5.04. The van der Waals surface area contributed by atoms with E-state index in [0.717, 1.165) is 11.4 Å². The maximum Gasteiger partial charge on any atom is 0.191 e. The van der Waals surface area contributed by atoms with E-state index in [1.807, 2.05) is 41.5 Å². The number of nitrogen functional groups attached to an aromatic ring is 1. The predicted molar refractivity (Wildman–Crippen MR) is 82.8 cm³/mol. The Kier molecular flexibility index (Phi) is 5.20. The van der Waals surface area contributed by atoms with E-state index >= 15 is 0 Å². The fraction of sp³-hybridized carbons (Fsp3) is 0.286. The third-order valence-electron chi connectivity index (χ3n) is 2.80. The van der Waals surface area contributed by atoms with Gasteiger partial charge >= 0.3 is 0 Å². The lowest BCUT2D eigenvalue weighted by molar-refractivity contribution is 0.301. The van der Waals surface area contributed by atoms with Crippen LogP contribution in [0.5, 0.6) is 0 Å². The van der Waals surface area contributed by atoms with Crippen LogP contribution < -0.4 is 10.6 Å². The first kappa shape index (κ1) is 14.6. The van der Waals surface area contributed by atoms with E-state index in [1.54, 1.807) is 6.07 Å². The number of aliphatic hydroxyl groups is 1. The van der Waals surface area contributed by atoms with Gasteiger partial charge in [-0.05, 0) is 11.8 Å². The lowest BCUT2D eigenvalue weighted by Crippen LogP contribution is -2.27. The SMILES string of the molecule is CSc1nc(N)cc(N(CCO)Cc2ccccc2)n1. The van der Waals surface area contributed by atoms with Crippen LogP contribution in [0, 0.1) is 0 Å². The molecule has 0 unspecified atom stereocenters. The number of hydrogen-bond donors (Lipinski definition) is 2. The molecular weight excluding hydrogens is 272 g/mol. The standard InChI is InChI=1S/C14H18N4OS/c1-20-14-16-12(15)9-13(17-14)18(7-8-19)10-11-5-3-2-4-6-11/h2-6,9,19H,7-8,10H2,1H3,(H2,15,16,17). The zero-order valence-corrected chi connectivity index (χ0v) is 12.2. The third kappa shape index (κ3) is 3.85. The van der Waals surface area contributed by atoms with Crippen LogP contribution in [0.3, 0.4) is 0 Å². The molecule has 0 saturated heterocycles. The van der Waals surface area contributed by atoms with Crippen molar-refractivity contribution in [2.45, 2.75) is 11.7 Å². The van der Waals surface area contributed by atoms with Crippen LogP contribution in [0.25, 0.3) is 0 Å². The molecular formula is C14H18N4OS. The summed E-state index contributed by atoms with van der Waals surface area (Å²) in [6.45, 7) is 1.23. The number of thioether (sulfide) groups is 1. The molecule has 20 heavy (non-hydrogen) atoms. The molecule has 0 atom stereocenters. The van der Waals surface area contributed by atoms with E-state index in [2.05, 4.69) is 9.97 Å². The highest BCUT2D eigenvalue weighted by Gasteiger charge is 2.11. The van der Waals surface area contributed by atoms with E-state index < -0.39 is 0 Å². The largest absolute Gasteiger partial charge is 0.395 e. The summed E-state index contributed by atoms with van der Waals surface area (Å²) in [5.41, 5.74) is 6.97. The minimum absolute atomic E-state index is 0.0609. The van der Waals surface area contributed by atoms with Crippen molar-refractivity contribution in [1.29, 1.82) is 0 Å². The van der Waals surface area contributed by atoms with Crippen molar-refractivity contribution in [2.24, 2.45) is 0 Å². The lowest BCUT2D eigenvalue weighted by Gasteiger charge is -2.23. The Hall–Kier alpha value is -1.79. The van der Waals surface area contributed by atoms with Gasteiger partial charge in [-0.25, -0.2) is 9.97 Å². The average Bonchev–Trinajstić information content (AvgIpc) is 2.47. The smallest absolute Gasteiger partial charge is 0.191 e. The molecule has 0 aliphatic rings. The number of rotatable bonds is 6. The van der Waals surface area contributed by atoms with Crippen LogP contribution in [-0.4, -0.2) is 34.5 Å². The number of anilines is 2. The van der Waals surface area contributed by atoms with Crippen molar-refractivity contribution in [3.63, 3.8) is 0 Å². The molecule has 0 aliphatic heterocycles. The van der Waals surface area contributed by atoms with Crippen LogP contribution in [0.15, 0.2) is 41.6 Å². The van der Waals surface area contributed by atoms with Gasteiger partial charge in [-0.3, -0.25) is 0 Å². The summed E-state index contributed by atoms with van der Waals surface area (Å²) in [6.07, 6.45) is 1.91. The molecule has 0 aliphatic carbocycles. The van der Waals surface area contributed by atoms with Gasteiger partial charge in [-0.1, -0.05) is 42.1 Å². The Morgan fingerprint density at radius 1 is 1.25 bits per heavy atom. The van der Waals surface area contributed by atoms with Gasteiger partial charge in [-0.2, -0.15) is 0 Å². The summed E-state index contributed by atoms with van der Waals surface area (Å²) < 4.78 is 0. The molecule has 2 rings (SSSR count). The first-order valence-electron chi connectivity index (χ1n) is 6.31. The molecule has 3 N–H and O–H groups in total. The van der Waals surface area contributed by atoms with Crippen molar-refractivity contribution in [3.05, 3.63) is 42.0 Å². The summed E-state index contributed by atoms with van der Waals surface area (Å²) in [5.74, 6) is 1.18. The van der Waals surface area contributed by atoms with Gasteiger partial charge in [0.25, 0.3) is 0 Å². The molecule has 6 heteroatoms. The van der Waals surface area contributed by atoms with E-state index in [1.165, 1.54) is 11.8 Å². The number of benzene rings is 1. The summed E-state index contributed by atoms with van der Waals surface area (Å²) in [5, 5.41) is 9.89. The summed E-state index contributed by atoms with van der Waals surface area (Å²) in [7, 11) is 0. The number of hydrogen-bond acceptors (Lipinski definition) is 6. The minimum Gasteiger partial charge on any atom is -0.395 e. The van der Waals surface area contributed by atoms with Crippen LogP contribution in [0.4, 0.5) is 11.6 Å². The van der Waals surface area contributed by atoms with Crippen molar-refractivity contribution in [1.82, 2.24) is 9.97 Å². The highest BCUT2D eigenvalue weighted by atomic mass is 32.2. The van der Waals surface area contributed by atoms with E-state index in [9.17, 15) is 5.11 Å². The van der Waals surface area contributed by atoms with Gasteiger partial charge in [0.15, 0.2) is 5.16 Å². The summed E-state index contributed by atoms with van der Waals surface area (Å²) in [4.78, 5) is 10.6. The number of nitrogens with two attached hydrogens (primary N) is 1. The maximum absolute atomic E-state index is 9.25. The Labute approximate surface area is 122 Å². The molecule has 0 bridgehead atoms. The van der Waals surface area contributed by atoms with Crippen molar-refractivity contribution >= 4 is 23.4 Å². The van der Waals surface area contributed by atoms with Crippen molar-refractivity contribution in [2.75, 3.05) is 30.0 Å². The van der Waals surface area contributed by atoms with Crippen LogP contribution in [0.2, 0.25) is 0 Å². The zero-order valence-electron chi connectivity index (χ0n) is 11.4. The van der Waals surface area contributed by atoms with E-state index in [0.29, 0.717) is 24.1 Å². The molecule has 5 nitrogen and oxygen atoms in total. The average molecular weight is 290 g/mol. The highest BCUT2D eigenvalue weighted by molar-refractivity contribution is 7.98. The van der Waals surface area contributed by atoms with E-state index in [4.69, 9.17) is 5.73 Å². The first-order valence-corrected chi connectivity index (χ1v) is 7.53. The van der Waals surface area contributed by atoms with E-state index in [-0.39, 0.29) is 6.61 Å². The third-order valence-corrected chi connectivity index (χ3v) is 3.35. The molecule has 0 fully saturated rings. The second-order valence-electron chi connectivity index (χ2n) is 4.27. The fourth-order valence-corrected chi connectivity index (χ4v) is 2.26. The second kappa shape index (κ2) is 7.12. The predicted octanol–water partition coefficient (Wildman–Crippen LogP) is 1.78. The molecule has 2 aromatic rings. The Bertz CT molecular complexity index is 550. The van der Waals surface area contributed by atoms with Gasteiger partial charge in [0.05, 0.1) is 6.61 Å². The normalized spacial score (nSPS) is 10.5. The maximum atomic E-state index is 9.25. The molecule has 1 heterocycles. The Balaban J connectivity index is 2.26.